The molecule has 0 aliphatic heterocycles. The largest absolute Gasteiger partial charge is 0.508 e. The van der Waals surface area contributed by atoms with E-state index in [0.29, 0.717) is 0 Å². The third kappa shape index (κ3) is 2.83. The maximum Gasteiger partial charge on any atom is 0.116 e. The Morgan fingerprint density at radius 1 is 1.50 bits per heavy atom. The molecule has 1 aromatic rings. The van der Waals surface area contributed by atoms with E-state index in [4.69, 9.17) is 5.73 Å². The van der Waals surface area contributed by atoms with E-state index in [9.17, 15) is 5.11 Å². The summed E-state index contributed by atoms with van der Waals surface area (Å²) in [6.07, 6.45) is 0.785. The molecule has 0 fully saturated rings. The maximum atomic E-state index is 9.24. The first-order valence-corrected chi connectivity index (χ1v) is 4.61. The Morgan fingerprint density at radius 2 is 2.17 bits per heavy atom. The number of halogens is 1. The van der Waals surface area contributed by atoms with Crippen LogP contribution in [-0.2, 0) is 6.42 Å². The minimum absolute atomic E-state index is 0.124. The summed E-state index contributed by atoms with van der Waals surface area (Å²) < 4.78 is 0.887. The van der Waals surface area contributed by atoms with Gasteiger partial charge in [0, 0.05) is 10.5 Å². The molecule has 2 nitrogen and oxygen atoms in total. The van der Waals surface area contributed by atoms with Crippen LogP contribution in [-0.4, -0.2) is 11.1 Å². The van der Waals surface area contributed by atoms with E-state index in [0.717, 1.165) is 16.5 Å². The highest BCUT2D eigenvalue weighted by Crippen LogP contribution is 2.20. The van der Waals surface area contributed by atoms with Crippen LogP contribution in [0.2, 0.25) is 0 Å². The number of aromatic hydroxyl groups is 1. The van der Waals surface area contributed by atoms with Crippen LogP contribution in [0, 0.1) is 0 Å². The van der Waals surface area contributed by atoms with Crippen LogP contribution in [0.5, 0.6) is 5.75 Å². The van der Waals surface area contributed by atoms with Crippen molar-refractivity contribution in [2.24, 2.45) is 5.73 Å². The molecule has 0 heterocycles. The van der Waals surface area contributed by atoms with E-state index in [1.807, 2.05) is 13.0 Å². The number of hydrogen-bond acceptors (Lipinski definition) is 2. The third-order valence-corrected chi connectivity index (χ3v) is 1.96. The van der Waals surface area contributed by atoms with Gasteiger partial charge in [0.25, 0.3) is 0 Å². The lowest BCUT2D eigenvalue weighted by Gasteiger charge is -2.05. The van der Waals surface area contributed by atoms with Crippen LogP contribution in [0.1, 0.15) is 12.5 Å². The molecule has 0 saturated heterocycles. The van der Waals surface area contributed by atoms with Gasteiger partial charge >= 0.3 is 0 Å². The predicted molar refractivity (Wildman–Crippen MR) is 53.2 cm³/mol. The SMILES string of the molecule is CC(N)Cc1cc(O)cc(Br)c1. The van der Waals surface area contributed by atoms with Crippen molar-refractivity contribution in [3.05, 3.63) is 28.2 Å². The molecule has 0 spiro atoms. The maximum absolute atomic E-state index is 9.24. The van der Waals surface area contributed by atoms with Crippen molar-refractivity contribution in [2.45, 2.75) is 19.4 Å². The zero-order chi connectivity index (χ0) is 9.14. The third-order valence-electron chi connectivity index (χ3n) is 1.50. The Morgan fingerprint density at radius 3 is 2.67 bits per heavy atom. The van der Waals surface area contributed by atoms with Gasteiger partial charge in [-0.2, -0.15) is 0 Å². The second kappa shape index (κ2) is 3.92. The normalized spacial score (nSPS) is 12.9. The molecule has 0 bridgehead atoms. The Balaban J connectivity index is 2.85. The number of phenolic OH excluding ortho intramolecular Hbond substituents is 1. The molecule has 0 aliphatic carbocycles. The average molecular weight is 230 g/mol. The van der Waals surface area contributed by atoms with Crippen molar-refractivity contribution in [1.82, 2.24) is 0 Å². The highest BCUT2D eigenvalue weighted by molar-refractivity contribution is 9.10. The number of hydrogen-bond donors (Lipinski definition) is 2. The van der Waals surface area contributed by atoms with E-state index < -0.39 is 0 Å². The minimum Gasteiger partial charge on any atom is -0.508 e. The molecule has 66 valence electrons. The average Bonchev–Trinajstić information content (AvgIpc) is 1.81. The second-order valence-electron chi connectivity index (χ2n) is 3.00. The van der Waals surface area contributed by atoms with E-state index in [1.54, 1.807) is 12.1 Å². The van der Waals surface area contributed by atoms with Gasteiger partial charge in [0.05, 0.1) is 0 Å². The van der Waals surface area contributed by atoms with Crippen molar-refractivity contribution < 1.29 is 5.11 Å². The van der Waals surface area contributed by atoms with Crippen LogP contribution in [0.15, 0.2) is 22.7 Å². The molecule has 0 radical (unpaired) electrons. The van der Waals surface area contributed by atoms with E-state index >= 15 is 0 Å². The Kier molecular flexibility index (Phi) is 3.12. The molecule has 1 rings (SSSR count). The van der Waals surface area contributed by atoms with Gasteiger partial charge in [-0.1, -0.05) is 15.9 Å². The van der Waals surface area contributed by atoms with Crippen molar-refractivity contribution in [3.63, 3.8) is 0 Å². The lowest BCUT2D eigenvalue weighted by Crippen LogP contribution is -2.17. The number of rotatable bonds is 2. The van der Waals surface area contributed by atoms with E-state index in [2.05, 4.69) is 15.9 Å². The molecule has 0 aliphatic rings. The molecule has 1 unspecified atom stereocenters. The number of benzene rings is 1. The van der Waals surface area contributed by atoms with Gasteiger partial charge in [-0.15, -0.1) is 0 Å². The molecule has 3 N–H and O–H groups in total. The zero-order valence-corrected chi connectivity index (χ0v) is 8.51. The van der Waals surface area contributed by atoms with Gasteiger partial charge in [-0.05, 0) is 37.1 Å². The van der Waals surface area contributed by atoms with Crippen LogP contribution >= 0.6 is 15.9 Å². The first-order valence-electron chi connectivity index (χ1n) is 3.82. The standard InChI is InChI=1S/C9H12BrNO/c1-6(11)2-7-3-8(10)5-9(12)4-7/h3-6,12H,2,11H2,1H3. The fraction of sp³-hybridized carbons (Fsp3) is 0.333. The Bertz CT molecular complexity index is 253. The van der Waals surface area contributed by atoms with Crippen LogP contribution in [0.4, 0.5) is 0 Å². The van der Waals surface area contributed by atoms with E-state index in [1.165, 1.54) is 0 Å². The summed E-state index contributed by atoms with van der Waals surface area (Å²) in [5.74, 6) is 0.278. The summed E-state index contributed by atoms with van der Waals surface area (Å²) in [6.45, 7) is 1.94. The summed E-state index contributed by atoms with van der Waals surface area (Å²) >= 11 is 3.30. The first kappa shape index (κ1) is 9.55. The quantitative estimate of drug-likeness (QED) is 0.816. The number of phenols is 1. The Hall–Kier alpha value is -0.540. The van der Waals surface area contributed by atoms with Crippen molar-refractivity contribution >= 4 is 15.9 Å². The highest BCUT2D eigenvalue weighted by atomic mass is 79.9. The van der Waals surface area contributed by atoms with Gasteiger partial charge in [-0.25, -0.2) is 0 Å². The summed E-state index contributed by atoms with van der Waals surface area (Å²) in [7, 11) is 0. The van der Waals surface area contributed by atoms with E-state index in [-0.39, 0.29) is 11.8 Å². The molecular weight excluding hydrogens is 218 g/mol. The van der Waals surface area contributed by atoms with Gasteiger partial charge in [0.1, 0.15) is 5.75 Å². The monoisotopic (exact) mass is 229 g/mol. The first-order chi connectivity index (χ1) is 5.58. The molecule has 1 atom stereocenters. The molecule has 0 amide bonds. The fourth-order valence-corrected chi connectivity index (χ4v) is 1.65. The molecule has 0 aromatic heterocycles. The zero-order valence-electron chi connectivity index (χ0n) is 6.92. The Labute approximate surface area is 80.5 Å². The molecule has 0 saturated carbocycles. The number of nitrogens with two attached hydrogens (primary N) is 1. The lowest BCUT2D eigenvalue weighted by molar-refractivity contribution is 0.474. The second-order valence-corrected chi connectivity index (χ2v) is 3.91. The molecular formula is C9H12BrNO. The smallest absolute Gasteiger partial charge is 0.116 e. The van der Waals surface area contributed by atoms with Crippen molar-refractivity contribution in [2.75, 3.05) is 0 Å². The molecule has 3 heteroatoms. The summed E-state index contributed by atoms with van der Waals surface area (Å²) in [4.78, 5) is 0. The van der Waals surface area contributed by atoms with Crippen LogP contribution in [0.25, 0.3) is 0 Å². The molecule has 12 heavy (non-hydrogen) atoms. The van der Waals surface area contributed by atoms with Crippen molar-refractivity contribution in [3.8, 4) is 5.75 Å². The summed E-state index contributed by atoms with van der Waals surface area (Å²) in [6, 6.07) is 5.47. The van der Waals surface area contributed by atoms with Gasteiger partial charge in [0.2, 0.25) is 0 Å². The summed E-state index contributed by atoms with van der Waals surface area (Å²) in [5.41, 5.74) is 6.68. The minimum atomic E-state index is 0.124. The fourth-order valence-electron chi connectivity index (χ4n) is 1.12. The van der Waals surface area contributed by atoms with Gasteiger partial charge < -0.3 is 10.8 Å². The predicted octanol–water partition coefficient (Wildman–Crippen LogP) is 2.04. The van der Waals surface area contributed by atoms with Crippen molar-refractivity contribution in [1.29, 1.82) is 0 Å². The van der Waals surface area contributed by atoms with Crippen LogP contribution < -0.4 is 5.73 Å². The molecule has 1 aromatic carbocycles. The highest BCUT2D eigenvalue weighted by Gasteiger charge is 2.00. The lowest BCUT2D eigenvalue weighted by atomic mass is 10.1. The van der Waals surface area contributed by atoms with Gasteiger partial charge in [0.15, 0.2) is 0 Å². The topological polar surface area (TPSA) is 46.2 Å². The summed E-state index contributed by atoms with van der Waals surface area (Å²) in [5, 5.41) is 9.24. The van der Waals surface area contributed by atoms with Crippen LogP contribution in [0.3, 0.4) is 0 Å². The van der Waals surface area contributed by atoms with Gasteiger partial charge in [-0.3, -0.25) is 0 Å².